The summed E-state index contributed by atoms with van der Waals surface area (Å²) in [6.07, 6.45) is 2.80. The van der Waals surface area contributed by atoms with E-state index in [1.54, 1.807) is 0 Å². The summed E-state index contributed by atoms with van der Waals surface area (Å²) >= 11 is 2.38. The van der Waals surface area contributed by atoms with E-state index in [2.05, 4.69) is 59.1 Å². The van der Waals surface area contributed by atoms with E-state index in [4.69, 9.17) is 0 Å². The van der Waals surface area contributed by atoms with Gasteiger partial charge in [-0.05, 0) is 60.4 Å². The van der Waals surface area contributed by atoms with E-state index in [0.29, 0.717) is 6.04 Å². The Balaban J connectivity index is 2.03. The highest BCUT2D eigenvalue weighted by molar-refractivity contribution is 14.1. The Labute approximate surface area is 93.1 Å². The smallest absolute Gasteiger partial charge is 0.0478 e. The lowest BCUT2D eigenvalue weighted by Gasteiger charge is -2.15. The number of benzene rings is 1. The topological polar surface area (TPSA) is 12.0 Å². The molecule has 2 heteroatoms. The molecule has 1 aliphatic rings. The first-order chi connectivity index (χ1) is 6.27. The van der Waals surface area contributed by atoms with Crippen LogP contribution in [0.2, 0.25) is 0 Å². The number of rotatable bonds is 3. The average Bonchev–Trinajstić information content (AvgIpc) is 2.91. The second kappa shape index (κ2) is 3.86. The van der Waals surface area contributed by atoms with Gasteiger partial charge in [0, 0.05) is 15.3 Å². The summed E-state index contributed by atoms with van der Waals surface area (Å²) in [7, 11) is 0. The van der Waals surface area contributed by atoms with E-state index >= 15 is 0 Å². The van der Waals surface area contributed by atoms with Crippen LogP contribution in [0.5, 0.6) is 0 Å². The van der Waals surface area contributed by atoms with Gasteiger partial charge in [0.1, 0.15) is 0 Å². The Morgan fingerprint density at radius 2 is 2.08 bits per heavy atom. The van der Waals surface area contributed by atoms with Crippen LogP contribution in [0.25, 0.3) is 0 Å². The van der Waals surface area contributed by atoms with Crippen molar-refractivity contribution in [1.29, 1.82) is 0 Å². The molecule has 1 aromatic carbocycles. The van der Waals surface area contributed by atoms with Crippen LogP contribution in [0, 0.1) is 9.49 Å². The van der Waals surface area contributed by atoms with Crippen LogP contribution in [0.3, 0.4) is 0 Å². The lowest BCUT2D eigenvalue weighted by atomic mass is 10.2. The highest BCUT2D eigenvalue weighted by Gasteiger charge is 2.27. The molecular weight excluding hydrogens is 273 g/mol. The fourth-order valence-corrected chi connectivity index (χ4v) is 2.08. The fraction of sp³-hybridized carbons (Fsp3) is 0.455. The first-order valence-corrected chi connectivity index (χ1v) is 5.86. The molecule has 0 radical (unpaired) electrons. The number of anilines is 1. The summed E-state index contributed by atoms with van der Waals surface area (Å²) in [5.41, 5.74) is 1.28. The van der Waals surface area contributed by atoms with Gasteiger partial charge in [0.15, 0.2) is 0 Å². The van der Waals surface area contributed by atoms with Crippen molar-refractivity contribution in [3.05, 3.63) is 27.8 Å². The number of nitrogens with one attached hydrogen (secondary N) is 1. The third-order valence-corrected chi connectivity index (χ3v) is 3.53. The zero-order valence-electron chi connectivity index (χ0n) is 7.76. The minimum Gasteiger partial charge on any atom is -0.381 e. The average molecular weight is 287 g/mol. The summed E-state index contributed by atoms with van der Waals surface area (Å²) in [4.78, 5) is 0. The van der Waals surface area contributed by atoms with Crippen molar-refractivity contribution in [3.8, 4) is 0 Å². The van der Waals surface area contributed by atoms with Gasteiger partial charge in [-0.25, -0.2) is 0 Å². The van der Waals surface area contributed by atoms with Crippen molar-refractivity contribution in [1.82, 2.24) is 0 Å². The quantitative estimate of drug-likeness (QED) is 0.839. The predicted molar refractivity (Wildman–Crippen MR) is 65.0 cm³/mol. The molecule has 1 aliphatic carbocycles. The molecule has 0 bridgehead atoms. The molecule has 0 saturated heterocycles. The monoisotopic (exact) mass is 287 g/mol. The molecule has 0 aliphatic heterocycles. The van der Waals surface area contributed by atoms with Crippen molar-refractivity contribution in [2.24, 2.45) is 5.92 Å². The molecule has 0 amide bonds. The number of hydrogen-bond acceptors (Lipinski definition) is 1. The van der Waals surface area contributed by atoms with E-state index in [-0.39, 0.29) is 0 Å². The largest absolute Gasteiger partial charge is 0.381 e. The van der Waals surface area contributed by atoms with Gasteiger partial charge in [0.05, 0.1) is 0 Å². The molecule has 0 unspecified atom stereocenters. The van der Waals surface area contributed by atoms with Gasteiger partial charge in [-0.3, -0.25) is 0 Å². The van der Waals surface area contributed by atoms with Gasteiger partial charge in [-0.2, -0.15) is 0 Å². The molecular formula is C11H14IN. The molecule has 1 atom stereocenters. The molecule has 13 heavy (non-hydrogen) atoms. The lowest BCUT2D eigenvalue weighted by Crippen LogP contribution is -2.17. The molecule has 1 saturated carbocycles. The van der Waals surface area contributed by atoms with Crippen molar-refractivity contribution < 1.29 is 0 Å². The fourth-order valence-electron chi connectivity index (χ4n) is 1.54. The predicted octanol–water partition coefficient (Wildman–Crippen LogP) is 3.50. The van der Waals surface area contributed by atoms with E-state index in [1.165, 1.54) is 22.1 Å². The summed E-state index contributed by atoms with van der Waals surface area (Å²) in [5.74, 6) is 0.913. The van der Waals surface area contributed by atoms with Gasteiger partial charge in [0.25, 0.3) is 0 Å². The van der Waals surface area contributed by atoms with Crippen LogP contribution >= 0.6 is 22.6 Å². The van der Waals surface area contributed by atoms with Crippen LogP contribution in [0.4, 0.5) is 5.69 Å². The molecule has 1 N–H and O–H groups in total. The Kier molecular flexibility index (Phi) is 2.77. The highest BCUT2D eigenvalue weighted by Crippen LogP contribution is 2.34. The maximum atomic E-state index is 3.56. The van der Waals surface area contributed by atoms with Crippen molar-refractivity contribution in [3.63, 3.8) is 0 Å². The third kappa shape index (κ3) is 2.36. The molecule has 0 heterocycles. The summed E-state index contributed by atoms with van der Waals surface area (Å²) in [6.45, 7) is 2.28. The first-order valence-electron chi connectivity index (χ1n) is 4.78. The highest BCUT2D eigenvalue weighted by atomic mass is 127. The molecule has 1 nitrogen and oxygen atoms in total. The van der Waals surface area contributed by atoms with Crippen molar-refractivity contribution in [2.75, 3.05) is 5.32 Å². The zero-order valence-corrected chi connectivity index (χ0v) is 9.91. The normalized spacial score (nSPS) is 18.3. The Hall–Kier alpha value is -0.250. The standard InChI is InChI=1S/C11H14IN/c1-8(9-6-7-9)13-11-5-3-2-4-10(11)12/h2-5,8-9,13H,6-7H2,1H3/t8-/m1/s1. The summed E-state index contributed by atoms with van der Waals surface area (Å²) < 4.78 is 1.31. The number of hydrogen-bond donors (Lipinski definition) is 1. The first kappa shape index (κ1) is 9.31. The van der Waals surface area contributed by atoms with Gasteiger partial charge in [-0.15, -0.1) is 0 Å². The molecule has 0 aromatic heterocycles. The Bertz CT molecular complexity index is 294. The second-order valence-corrected chi connectivity index (χ2v) is 4.91. The van der Waals surface area contributed by atoms with E-state index in [0.717, 1.165) is 5.92 Å². The van der Waals surface area contributed by atoms with E-state index in [1.807, 2.05) is 0 Å². The maximum absolute atomic E-state index is 3.56. The van der Waals surface area contributed by atoms with Gasteiger partial charge in [-0.1, -0.05) is 12.1 Å². The minimum absolute atomic E-state index is 0.635. The van der Waals surface area contributed by atoms with Crippen LogP contribution < -0.4 is 5.32 Å². The Morgan fingerprint density at radius 1 is 1.38 bits per heavy atom. The van der Waals surface area contributed by atoms with Crippen LogP contribution in [0.1, 0.15) is 19.8 Å². The van der Waals surface area contributed by atoms with Crippen molar-refractivity contribution in [2.45, 2.75) is 25.8 Å². The number of para-hydroxylation sites is 1. The zero-order chi connectivity index (χ0) is 9.26. The lowest BCUT2D eigenvalue weighted by molar-refractivity contribution is 0.694. The summed E-state index contributed by atoms with van der Waals surface area (Å²) in [5, 5.41) is 3.56. The van der Waals surface area contributed by atoms with Crippen LogP contribution in [-0.4, -0.2) is 6.04 Å². The number of halogens is 1. The third-order valence-electron chi connectivity index (χ3n) is 2.59. The van der Waals surface area contributed by atoms with Crippen molar-refractivity contribution >= 4 is 28.3 Å². The molecule has 1 fully saturated rings. The van der Waals surface area contributed by atoms with E-state index in [9.17, 15) is 0 Å². The molecule has 2 rings (SSSR count). The van der Waals surface area contributed by atoms with Crippen LogP contribution in [0.15, 0.2) is 24.3 Å². The molecule has 70 valence electrons. The minimum atomic E-state index is 0.635. The van der Waals surface area contributed by atoms with Gasteiger partial charge >= 0.3 is 0 Å². The Morgan fingerprint density at radius 3 is 2.69 bits per heavy atom. The molecule has 0 spiro atoms. The maximum Gasteiger partial charge on any atom is 0.0478 e. The summed E-state index contributed by atoms with van der Waals surface area (Å²) in [6, 6.07) is 9.10. The van der Waals surface area contributed by atoms with E-state index < -0.39 is 0 Å². The van der Waals surface area contributed by atoms with Gasteiger partial charge in [0.2, 0.25) is 0 Å². The van der Waals surface area contributed by atoms with Gasteiger partial charge < -0.3 is 5.32 Å². The second-order valence-electron chi connectivity index (χ2n) is 3.75. The van der Waals surface area contributed by atoms with Crippen LogP contribution in [-0.2, 0) is 0 Å². The SMILES string of the molecule is C[C@@H](Nc1ccccc1I)C1CC1. The molecule has 1 aromatic rings.